The zero-order chi connectivity index (χ0) is 26.1. The standard InChI is InChI=1S/C25H21F3N6O3/c26-12-7-16-17(10-30-20(16)18(27)8-12)22-31-11-19(28)23(34-22)32-13-3-1-4-14(9-13)33-24(35)21-15(25(36)37)5-2-6-29-21/h2,5-8,10-11,13-14,30H,1,3-4,9H2,(H,33,35)(H,36,37)(H,31,32,34)/t13-,14+/m0/s1. The summed E-state index contributed by atoms with van der Waals surface area (Å²) < 4.78 is 42.5. The Balaban J connectivity index is 1.32. The summed E-state index contributed by atoms with van der Waals surface area (Å²) in [5.41, 5.74) is 0.0276. The van der Waals surface area contributed by atoms with Crippen LogP contribution in [0.3, 0.4) is 0 Å². The van der Waals surface area contributed by atoms with E-state index in [0.29, 0.717) is 24.8 Å². The van der Waals surface area contributed by atoms with E-state index in [4.69, 9.17) is 0 Å². The number of halogens is 3. The van der Waals surface area contributed by atoms with Gasteiger partial charge in [0.15, 0.2) is 17.5 Å². The fraction of sp³-hybridized carbons (Fsp3) is 0.240. The first-order valence-corrected chi connectivity index (χ1v) is 11.5. The molecule has 1 aromatic carbocycles. The van der Waals surface area contributed by atoms with Crippen molar-refractivity contribution in [2.75, 3.05) is 5.32 Å². The minimum absolute atomic E-state index is 0.0777. The van der Waals surface area contributed by atoms with Crippen molar-refractivity contribution in [3.8, 4) is 11.4 Å². The van der Waals surface area contributed by atoms with Gasteiger partial charge in [0.05, 0.1) is 17.3 Å². The molecule has 5 rings (SSSR count). The van der Waals surface area contributed by atoms with E-state index in [1.54, 1.807) is 0 Å². The van der Waals surface area contributed by atoms with Gasteiger partial charge in [-0.05, 0) is 43.9 Å². The van der Waals surface area contributed by atoms with E-state index in [-0.39, 0.29) is 45.9 Å². The number of nitrogens with zero attached hydrogens (tertiary/aromatic N) is 3. The maximum atomic E-state index is 14.6. The number of hydrogen-bond acceptors (Lipinski definition) is 6. The molecule has 9 nitrogen and oxygen atoms in total. The number of carboxylic acids is 1. The van der Waals surface area contributed by atoms with Crippen LogP contribution in [0.25, 0.3) is 22.3 Å². The monoisotopic (exact) mass is 510 g/mol. The number of nitrogens with one attached hydrogen (secondary N) is 3. The van der Waals surface area contributed by atoms with Crippen molar-refractivity contribution < 1.29 is 27.9 Å². The fourth-order valence-corrected chi connectivity index (χ4v) is 4.60. The molecule has 4 aromatic rings. The molecule has 1 fully saturated rings. The summed E-state index contributed by atoms with van der Waals surface area (Å²) in [7, 11) is 0. The molecule has 0 radical (unpaired) electrons. The van der Waals surface area contributed by atoms with Gasteiger partial charge in [-0.15, -0.1) is 0 Å². The number of pyridine rings is 1. The Morgan fingerprint density at radius 3 is 2.70 bits per heavy atom. The number of hydrogen-bond donors (Lipinski definition) is 4. The molecule has 12 heteroatoms. The van der Waals surface area contributed by atoms with E-state index in [2.05, 4.69) is 30.6 Å². The predicted molar refractivity (Wildman–Crippen MR) is 128 cm³/mol. The van der Waals surface area contributed by atoms with Gasteiger partial charge in [-0.2, -0.15) is 0 Å². The summed E-state index contributed by atoms with van der Waals surface area (Å²) in [6, 6.07) is 4.10. The number of H-pyrrole nitrogens is 1. The molecule has 2 atom stereocenters. The van der Waals surface area contributed by atoms with Crippen LogP contribution in [0.2, 0.25) is 0 Å². The topological polar surface area (TPSA) is 133 Å². The number of carboxylic acid groups (broad SMARTS) is 1. The molecule has 190 valence electrons. The van der Waals surface area contributed by atoms with Crippen LogP contribution in [0, 0.1) is 17.5 Å². The van der Waals surface area contributed by atoms with Crippen LogP contribution in [-0.2, 0) is 0 Å². The second-order valence-electron chi connectivity index (χ2n) is 8.79. The van der Waals surface area contributed by atoms with Crippen molar-refractivity contribution in [3.63, 3.8) is 0 Å². The van der Waals surface area contributed by atoms with Crippen LogP contribution in [0.4, 0.5) is 19.0 Å². The molecule has 3 aromatic heterocycles. The molecular formula is C25H21F3N6O3. The van der Waals surface area contributed by atoms with Crippen molar-refractivity contribution in [2.24, 2.45) is 0 Å². The Morgan fingerprint density at radius 1 is 1.08 bits per heavy atom. The lowest BCUT2D eigenvalue weighted by molar-refractivity contribution is 0.0689. The smallest absolute Gasteiger partial charge is 0.338 e. The highest BCUT2D eigenvalue weighted by Gasteiger charge is 2.27. The molecule has 1 saturated carbocycles. The molecule has 37 heavy (non-hydrogen) atoms. The molecule has 0 saturated heterocycles. The Hall–Kier alpha value is -4.48. The van der Waals surface area contributed by atoms with Gasteiger partial charge in [0, 0.05) is 41.5 Å². The zero-order valence-electron chi connectivity index (χ0n) is 19.3. The Kier molecular flexibility index (Phi) is 6.47. The van der Waals surface area contributed by atoms with E-state index >= 15 is 0 Å². The van der Waals surface area contributed by atoms with Gasteiger partial charge in [-0.3, -0.25) is 9.78 Å². The number of aromatic amines is 1. The minimum atomic E-state index is -1.25. The van der Waals surface area contributed by atoms with E-state index in [1.165, 1.54) is 24.5 Å². The third-order valence-corrected chi connectivity index (χ3v) is 6.29. The fourth-order valence-electron chi connectivity index (χ4n) is 4.60. The Morgan fingerprint density at radius 2 is 1.89 bits per heavy atom. The van der Waals surface area contributed by atoms with Gasteiger partial charge in [0.2, 0.25) is 0 Å². The molecule has 0 unspecified atom stereocenters. The second kappa shape index (κ2) is 9.88. The summed E-state index contributed by atoms with van der Waals surface area (Å²) in [6.45, 7) is 0. The molecule has 0 bridgehead atoms. The average molecular weight is 510 g/mol. The van der Waals surface area contributed by atoms with Gasteiger partial charge >= 0.3 is 5.97 Å². The van der Waals surface area contributed by atoms with Crippen LogP contribution in [-0.4, -0.2) is 49.0 Å². The Bertz CT molecular complexity index is 1510. The van der Waals surface area contributed by atoms with Crippen LogP contribution in [0.5, 0.6) is 0 Å². The molecular weight excluding hydrogens is 489 g/mol. The summed E-state index contributed by atoms with van der Waals surface area (Å²) in [5, 5.41) is 15.4. The van der Waals surface area contributed by atoms with Crippen LogP contribution < -0.4 is 10.6 Å². The SMILES string of the molecule is O=C(O)c1cccnc1C(=O)N[C@@H]1CCC[C@H](Nc2nc(-c3c[nH]c4c(F)cc(F)cc34)ncc2F)C1. The average Bonchev–Trinajstić information content (AvgIpc) is 3.30. The summed E-state index contributed by atoms with van der Waals surface area (Å²) in [4.78, 5) is 39.0. The quantitative estimate of drug-likeness (QED) is 0.304. The molecule has 0 spiro atoms. The van der Waals surface area contributed by atoms with Crippen molar-refractivity contribution in [2.45, 2.75) is 37.8 Å². The first-order valence-electron chi connectivity index (χ1n) is 11.5. The molecule has 4 N–H and O–H groups in total. The zero-order valence-corrected chi connectivity index (χ0v) is 19.3. The van der Waals surface area contributed by atoms with Crippen LogP contribution >= 0.6 is 0 Å². The first-order chi connectivity index (χ1) is 17.8. The number of amides is 1. The number of aromatic nitrogens is 4. The van der Waals surface area contributed by atoms with E-state index in [1.807, 2.05) is 0 Å². The number of aromatic carboxylic acids is 1. The molecule has 0 aliphatic heterocycles. The maximum Gasteiger partial charge on any atom is 0.338 e. The lowest BCUT2D eigenvalue weighted by Gasteiger charge is -2.30. The number of anilines is 1. The van der Waals surface area contributed by atoms with E-state index < -0.39 is 29.3 Å². The molecule has 1 aliphatic carbocycles. The minimum Gasteiger partial charge on any atom is -0.478 e. The van der Waals surface area contributed by atoms with Crippen molar-refractivity contribution in [3.05, 3.63) is 71.6 Å². The van der Waals surface area contributed by atoms with E-state index in [9.17, 15) is 27.9 Å². The maximum absolute atomic E-state index is 14.6. The highest BCUT2D eigenvalue weighted by atomic mass is 19.1. The largest absolute Gasteiger partial charge is 0.478 e. The molecule has 3 heterocycles. The lowest BCUT2D eigenvalue weighted by atomic mass is 9.90. The van der Waals surface area contributed by atoms with Gasteiger partial charge in [0.1, 0.15) is 17.3 Å². The third kappa shape index (κ3) is 4.95. The van der Waals surface area contributed by atoms with Crippen LogP contribution in [0.15, 0.2) is 42.9 Å². The van der Waals surface area contributed by atoms with Gasteiger partial charge in [-0.25, -0.2) is 27.9 Å². The summed E-state index contributed by atoms with van der Waals surface area (Å²) in [5.74, 6) is -4.08. The number of carbonyl (C=O) groups is 2. The Labute approximate surface area is 208 Å². The van der Waals surface area contributed by atoms with Gasteiger partial charge < -0.3 is 20.7 Å². The van der Waals surface area contributed by atoms with Crippen molar-refractivity contribution in [1.29, 1.82) is 0 Å². The summed E-state index contributed by atoms with van der Waals surface area (Å²) >= 11 is 0. The van der Waals surface area contributed by atoms with Crippen LogP contribution in [0.1, 0.15) is 46.5 Å². The highest BCUT2D eigenvalue weighted by molar-refractivity contribution is 6.03. The lowest BCUT2D eigenvalue weighted by Crippen LogP contribution is -2.42. The van der Waals surface area contributed by atoms with Gasteiger partial charge in [0.25, 0.3) is 5.91 Å². The predicted octanol–water partition coefficient (Wildman–Crippen LogP) is 4.29. The third-order valence-electron chi connectivity index (χ3n) is 6.29. The molecule has 1 aliphatic rings. The first kappa shape index (κ1) is 24.2. The number of fused-ring (bicyclic) bond motifs is 1. The highest BCUT2D eigenvalue weighted by Crippen LogP contribution is 2.30. The number of rotatable bonds is 6. The van der Waals surface area contributed by atoms with Gasteiger partial charge in [-0.1, -0.05) is 0 Å². The summed E-state index contributed by atoms with van der Waals surface area (Å²) in [6.07, 6.45) is 6.25. The molecule has 1 amide bonds. The van der Waals surface area contributed by atoms with Crippen molar-refractivity contribution in [1.82, 2.24) is 25.3 Å². The van der Waals surface area contributed by atoms with E-state index in [0.717, 1.165) is 24.8 Å². The number of carbonyl (C=O) groups excluding carboxylic acids is 1. The number of benzene rings is 1. The second-order valence-corrected chi connectivity index (χ2v) is 8.79. The normalized spacial score (nSPS) is 17.5. The van der Waals surface area contributed by atoms with Crippen molar-refractivity contribution >= 4 is 28.6 Å².